The van der Waals surface area contributed by atoms with E-state index in [1.165, 1.54) is 37.4 Å². The molecular weight excluding hydrogens is 276 g/mol. The normalized spacial score (nSPS) is 10.2. The highest BCUT2D eigenvalue weighted by Gasteiger charge is 2.07. The van der Waals surface area contributed by atoms with E-state index in [2.05, 4.69) is 5.32 Å². The Kier molecular flexibility index (Phi) is 4.87. The molecule has 1 N–H and O–H groups in total. The Morgan fingerprint density at radius 2 is 2.00 bits per heavy atom. The zero-order valence-electron chi connectivity index (χ0n) is 11.5. The van der Waals surface area contributed by atoms with Crippen LogP contribution in [0.1, 0.15) is 12.0 Å². The number of hydrogen-bond acceptors (Lipinski definition) is 2. The van der Waals surface area contributed by atoms with Crippen LogP contribution in [0, 0.1) is 11.6 Å². The first-order valence-electron chi connectivity index (χ1n) is 6.46. The Bertz CT molecular complexity index is 644. The van der Waals surface area contributed by atoms with Crippen LogP contribution < -0.4 is 10.1 Å². The summed E-state index contributed by atoms with van der Waals surface area (Å²) in [5.74, 6) is -0.953. The third-order valence-corrected chi connectivity index (χ3v) is 2.97. The summed E-state index contributed by atoms with van der Waals surface area (Å²) in [6, 6.07) is 10.2. The van der Waals surface area contributed by atoms with Crippen molar-refractivity contribution in [2.24, 2.45) is 0 Å². The Morgan fingerprint density at radius 3 is 2.67 bits per heavy atom. The van der Waals surface area contributed by atoms with Gasteiger partial charge in [0.25, 0.3) is 0 Å². The van der Waals surface area contributed by atoms with Crippen molar-refractivity contribution in [2.75, 3.05) is 12.4 Å². The maximum absolute atomic E-state index is 13.5. The van der Waals surface area contributed by atoms with Crippen LogP contribution in [0.15, 0.2) is 42.5 Å². The zero-order valence-corrected chi connectivity index (χ0v) is 11.5. The monoisotopic (exact) mass is 291 g/mol. The van der Waals surface area contributed by atoms with Crippen molar-refractivity contribution in [3.8, 4) is 5.75 Å². The number of hydrogen-bond donors (Lipinski definition) is 1. The summed E-state index contributed by atoms with van der Waals surface area (Å²) in [5.41, 5.74) is 1.10. The Morgan fingerprint density at radius 1 is 1.19 bits per heavy atom. The Labute approximate surface area is 121 Å². The van der Waals surface area contributed by atoms with Crippen LogP contribution in [0.5, 0.6) is 5.75 Å². The molecule has 21 heavy (non-hydrogen) atoms. The van der Waals surface area contributed by atoms with Crippen molar-refractivity contribution in [3.05, 3.63) is 59.7 Å². The smallest absolute Gasteiger partial charge is 0.224 e. The number of carbonyl (C=O) groups is 1. The van der Waals surface area contributed by atoms with E-state index in [9.17, 15) is 13.6 Å². The van der Waals surface area contributed by atoms with E-state index in [1.807, 2.05) is 0 Å². The van der Waals surface area contributed by atoms with E-state index in [-0.39, 0.29) is 18.1 Å². The van der Waals surface area contributed by atoms with Crippen LogP contribution in [0.2, 0.25) is 0 Å². The largest absolute Gasteiger partial charge is 0.494 e. The lowest BCUT2D eigenvalue weighted by atomic mass is 10.1. The van der Waals surface area contributed by atoms with Crippen LogP contribution in [0.25, 0.3) is 0 Å². The quantitative estimate of drug-likeness (QED) is 0.915. The van der Waals surface area contributed by atoms with Gasteiger partial charge in [-0.15, -0.1) is 0 Å². The molecular formula is C16H15F2NO2. The van der Waals surface area contributed by atoms with Gasteiger partial charge < -0.3 is 10.1 Å². The Balaban J connectivity index is 1.90. The first-order valence-corrected chi connectivity index (χ1v) is 6.46. The number of rotatable bonds is 5. The number of nitrogens with one attached hydrogen (secondary N) is 1. The third-order valence-electron chi connectivity index (χ3n) is 2.97. The number of benzene rings is 2. The van der Waals surface area contributed by atoms with Gasteiger partial charge in [0.1, 0.15) is 5.82 Å². The predicted octanol–water partition coefficient (Wildman–Crippen LogP) is 3.54. The van der Waals surface area contributed by atoms with Gasteiger partial charge >= 0.3 is 0 Å². The molecule has 0 aliphatic rings. The first-order chi connectivity index (χ1) is 10.1. The molecule has 0 bridgehead atoms. The highest BCUT2D eigenvalue weighted by molar-refractivity contribution is 5.90. The van der Waals surface area contributed by atoms with E-state index in [0.717, 1.165) is 0 Å². The standard InChI is InChI=1S/C16H15F2NO2/c1-21-15-7-5-11(9-14(15)18)6-8-16(20)19-13-4-2-3-12(17)10-13/h2-5,7,9-10H,6,8H2,1H3,(H,19,20). The molecule has 0 aliphatic carbocycles. The first kappa shape index (κ1) is 15.0. The number of amides is 1. The minimum atomic E-state index is -0.458. The van der Waals surface area contributed by atoms with E-state index in [1.54, 1.807) is 12.1 Å². The lowest BCUT2D eigenvalue weighted by Gasteiger charge is -2.07. The fraction of sp³-hybridized carbons (Fsp3) is 0.188. The van der Waals surface area contributed by atoms with Gasteiger partial charge in [0.15, 0.2) is 11.6 Å². The van der Waals surface area contributed by atoms with Crippen LogP contribution in [-0.4, -0.2) is 13.0 Å². The van der Waals surface area contributed by atoms with Gasteiger partial charge in [-0.1, -0.05) is 12.1 Å². The molecule has 2 aromatic rings. The van der Waals surface area contributed by atoms with Crippen molar-refractivity contribution in [2.45, 2.75) is 12.8 Å². The lowest BCUT2D eigenvalue weighted by molar-refractivity contribution is -0.116. The van der Waals surface area contributed by atoms with Crippen molar-refractivity contribution >= 4 is 11.6 Å². The number of aryl methyl sites for hydroxylation is 1. The average Bonchev–Trinajstić information content (AvgIpc) is 2.45. The fourth-order valence-corrected chi connectivity index (χ4v) is 1.91. The van der Waals surface area contributed by atoms with Crippen molar-refractivity contribution in [3.63, 3.8) is 0 Å². The second-order valence-corrected chi connectivity index (χ2v) is 4.53. The predicted molar refractivity (Wildman–Crippen MR) is 76.3 cm³/mol. The van der Waals surface area contributed by atoms with E-state index in [0.29, 0.717) is 17.7 Å². The van der Waals surface area contributed by atoms with Crippen molar-refractivity contribution in [1.82, 2.24) is 0 Å². The molecule has 2 aromatic carbocycles. The summed E-state index contributed by atoms with van der Waals surface area (Å²) in [7, 11) is 1.39. The van der Waals surface area contributed by atoms with Crippen LogP contribution in [-0.2, 0) is 11.2 Å². The molecule has 5 heteroatoms. The average molecular weight is 291 g/mol. The Hall–Kier alpha value is -2.43. The second-order valence-electron chi connectivity index (χ2n) is 4.53. The summed E-state index contributed by atoms with van der Waals surface area (Å²) in [6.45, 7) is 0. The molecule has 0 spiro atoms. The molecule has 0 saturated carbocycles. The molecule has 0 saturated heterocycles. The highest BCUT2D eigenvalue weighted by atomic mass is 19.1. The summed E-state index contributed by atoms with van der Waals surface area (Å²) >= 11 is 0. The minimum Gasteiger partial charge on any atom is -0.494 e. The van der Waals surface area contributed by atoms with Crippen LogP contribution in [0.3, 0.4) is 0 Å². The van der Waals surface area contributed by atoms with Gasteiger partial charge in [-0.05, 0) is 42.3 Å². The molecule has 0 unspecified atom stereocenters. The van der Waals surface area contributed by atoms with E-state index in [4.69, 9.17) is 4.74 Å². The number of anilines is 1. The lowest BCUT2D eigenvalue weighted by Crippen LogP contribution is -2.12. The van der Waals surface area contributed by atoms with Gasteiger partial charge in [0.2, 0.25) is 5.91 Å². The number of methoxy groups -OCH3 is 1. The number of halogens is 2. The maximum atomic E-state index is 13.5. The fourth-order valence-electron chi connectivity index (χ4n) is 1.91. The molecule has 0 atom stereocenters. The van der Waals surface area contributed by atoms with E-state index < -0.39 is 11.6 Å². The van der Waals surface area contributed by atoms with Gasteiger partial charge in [-0.25, -0.2) is 8.78 Å². The third kappa shape index (κ3) is 4.27. The van der Waals surface area contributed by atoms with Gasteiger partial charge in [-0.2, -0.15) is 0 Å². The summed E-state index contributed by atoms with van der Waals surface area (Å²) in [5, 5.41) is 2.59. The van der Waals surface area contributed by atoms with Crippen molar-refractivity contribution < 1.29 is 18.3 Å². The molecule has 0 radical (unpaired) electrons. The van der Waals surface area contributed by atoms with Crippen molar-refractivity contribution in [1.29, 1.82) is 0 Å². The molecule has 3 nitrogen and oxygen atoms in total. The molecule has 0 fully saturated rings. The maximum Gasteiger partial charge on any atom is 0.224 e. The van der Waals surface area contributed by atoms with Gasteiger partial charge in [0.05, 0.1) is 7.11 Å². The molecule has 0 heterocycles. The van der Waals surface area contributed by atoms with Crippen LogP contribution in [0.4, 0.5) is 14.5 Å². The topological polar surface area (TPSA) is 38.3 Å². The van der Waals surface area contributed by atoms with Gasteiger partial charge in [-0.3, -0.25) is 4.79 Å². The van der Waals surface area contributed by atoms with Gasteiger partial charge in [0, 0.05) is 12.1 Å². The number of ether oxygens (including phenoxy) is 1. The summed E-state index contributed by atoms with van der Waals surface area (Å²) in [4.78, 5) is 11.8. The second kappa shape index (κ2) is 6.83. The summed E-state index contributed by atoms with van der Waals surface area (Å²) < 4.78 is 31.3. The number of carbonyl (C=O) groups excluding carboxylic acids is 1. The molecule has 0 aromatic heterocycles. The SMILES string of the molecule is COc1ccc(CCC(=O)Nc2cccc(F)c2)cc1F. The summed E-state index contributed by atoms with van der Waals surface area (Å²) in [6.07, 6.45) is 0.574. The van der Waals surface area contributed by atoms with E-state index >= 15 is 0 Å². The highest BCUT2D eigenvalue weighted by Crippen LogP contribution is 2.18. The zero-order chi connectivity index (χ0) is 15.2. The molecule has 0 aliphatic heterocycles. The van der Waals surface area contributed by atoms with Crippen LogP contribution >= 0.6 is 0 Å². The minimum absolute atomic E-state index is 0.169. The molecule has 110 valence electrons. The molecule has 1 amide bonds. The molecule has 2 rings (SSSR count).